The van der Waals surface area contributed by atoms with E-state index < -0.39 is 5.54 Å². The summed E-state index contributed by atoms with van der Waals surface area (Å²) >= 11 is 0. The molecule has 0 aromatic carbocycles. The second kappa shape index (κ2) is 4.94. The highest BCUT2D eigenvalue weighted by Crippen LogP contribution is 2.27. The molecule has 4 heteroatoms. The third-order valence-corrected chi connectivity index (χ3v) is 4.41. The van der Waals surface area contributed by atoms with Crippen molar-refractivity contribution < 1.29 is 4.79 Å². The van der Waals surface area contributed by atoms with E-state index >= 15 is 0 Å². The fraction of sp³-hybridized carbons (Fsp3) is 0.923. The van der Waals surface area contributed by atoms with E-state index in [0.717, 1.165) is 19.4 Å². The maximum absolute atomic E-state index is 12.0. The van der Waals surface area contributed by atoms with Crippen LogP contribution < -0.4 is 11.1 Å². The Balaban J connectivity index is 1.86. The normalized spacial score (nSPS) is 32.9. The van der Waals surface area contributed by atoms with E-state index in [-0.39, 0.29) is 5.91 Å². The van der Waals surface area contributed by atoms with Gasteiger partial charge in [-0.05, 0) is 45.6 Å². The first-order valence-corrected chi connectivity index (χ1v) is 6.87. The number of nitrogens with one attached hydrogen (secondary N) is 1. The molecule has 2 aliphatic rings. The van der Waals surface area contributed by atoms with Gasteiger partial charge in [0.25, 0.3) is 0 Å². The summed E-state index contributed by atoms with van der Waals surface area (Å²) in [6.07, 6.45) is 5.46. The van der Waals surface area contributed by atoms with Crippen LogP contribution in [0.1, 0.15) is 46.0 Å². The van der Waals surface area contributed by atoms with Crippen molar-refractivity contribution in [3.63, 3.8) is 0 Å². The number of nitrogens with two attached hydrogens (primary N) is 1. The molecule has 0 radical (unpaired) electrons. The molecule has 3 atom stereocenters. The van der Waals surface area contributed by atoms with E-state index in [1.54, 1.807) is 0 Å². The van der Waals surface area contributed by atoms with E-state index in [9.17, 15) is 4.79 Å². The van der Waals surface area contributed by atoms with Gasteiger partial charge in [0.2, 0.25) is 5.91 Å². The van der Waals surface area contributed by atoms with E-state index in [2.05, 4.69) is 10.2 Å². The van der Waals surface area contributed by atoms with Gasteiger partial charge in [-0.1, -0.05) is 6.92 Å². The molecule has 0 bridgehead atoms. The summed E-state index contributed by atoms with van der Waals surface area (Å²) in [5, 5.41) is 3.13. The van der Waals surface area contributed by atoms with Crippen molar-refractivity contribution in [3.8, 4) is 0 Å². The van der Waals surface area contributed by atoms with Crippen molar-refractivity contribution in [2.24, 2.45) is 5.73 Å². The van der Waals surface area contributed by atoms with Crippen LogP contribution in [0, 0.1) is 0 Å². The molecule has 4 nitrogen and oxygen atoms in total. The van der Waals surface area contributed by atoms with E-state index in [0.29, 0.717) is 18.5 Å². The predicted molar refractivity (Wildman–Crippen MR) is 68.6 cm³/mol. The summed E-state index contributed by atoms with van der Waals surface area (Å²) in [5.41, 5.74) is 5.25. The lowest BCUT2D eigenvalue weighted by molar-refractivity contribution is -0.127. The minimum Gasteiger partial charge on any atom is -0.352 e. The van der Waals surface area contributed by atoms with Crippen LogP contribution in [0.2, 0.25) is 0 Å². The molecule has 0 aromatic rings. The molecule has 17 heavy (non-hydrogen) atoms. The van der Waals surface area contributed by atoms with E-state index in [1.165, 1.54) is 19.4 Å². The first kappa shape index (κ1) is 12.8. The highest BCUT2D eigenvalue weighted by Gasteiger charge is 2.34. The lowest BCUT2D eigenvalue weighted by Crippen LogP contribution is -2.56. The molecule has 2 aliphatic heterocycles. The third-order valence-electron chi connectivity index (χ3n) is 4.41. The van der Waals surface area contributed by atoms with Gasteiger partial charge in [0.05, 0.1) is 5.54 Å². The average Bonchev–Trinajstić information content (AvgIpc) is 2.76. The molecule has 1 amide bonds. The van der Waals surface area contributed by atoms with Crippen LogP contribution in [0.25, 0.3) is 0 Å². The second-order valence-corrected chi connectivity index (χ2v) is 5.80. The molecule has 2 heterocycles. The predicted octanol–water partition coefficient (Wildman–Crippen LogP) is 0.857. The second-order valence-electron chi connectivity index (χ2n) is 5.80. The van der Waals surface area contributed by atoms with Gasteiger partial charge >= 0.3 is 0 Å². The summed E-state index contributed by atoms with van der Waals surface area (Å²) in [6.45, 7) is 6.14. The Morgan fingerprint density at radius 2 is 2.24 bits per heavy atom. The Kier molecular flexibility index (Phi) is 3.73. The number of hydrogen-bond acceptors (Lipinski definition) is 3. The number of nitrogens with zero attached hydrogens (tertiary/aromatic N) is 1. The molecule has 3 unspecified atom stereocenters. The van der Waals surface area contributed by atoms with Gasteiger partial charge in [0.15, 0.2) is 0 Å². The number of carbonyl (C=O) groups excluding carboxylic acids is 1. The third kappa shape index (κ3) is 2.80. The first-order chi connectivity index (χ1) is 8.03. The highest BCUT2D eigenvalue weighted by molar-refractivity contribution is 5.85. The van der Waals surface area contributed by atoms with E-state index in [4.69, 9.17) is 5.73 Å². The lowest BCUT2D eigenvalue weighted by Gasteiger charge is -2.36. The lowest BCUT2D eigenvalue weighted by atomic mass is 9.94. The summed E-state index contributed by atoms with van der Waals surface area (Å²) in [5.74, 6) is 0.0106. The van der Waals surface area contributed by atoms with Crippen molar-refractivity contribution in [1.82, 2.24) is 10.2 Å². The summed E-state index contributed by atoms with van der Waals surface area (Å²) < 4.78 is 0. The first-order valence-electron chi connectivity index (χ1n) is 6.87. The van der Waals surface area contributed by atoms with Crippen LogP contribution >= 0.6 is 0 Å². The fourth-order valence-electron chi connectivity index (χ4n) is 2.87. The zero-order valence-electron chi connectivity index (χ0n) is 11.0. The van der Waals surface area contributed by atoms with Gasteiger partial charge in [-0.25, -0.2) is 0 Å². The number of rotatable bonds is 3. The van der Waals surface area contributed by atoms with Crippen LogP contribution in [-0.2, 0) is 4.79 Å². The molecule has 3 N–H and O–H groups in total. The summed E-state index contributed by atoms with van der Waals surface area (Å²) in [7, 11) is 0. The molecular formula is C13H25N3O. The van der Waals surface area contributed by atoms with Gasteiger partial charge < -0.3 is 16.0 Å². The number of amides is 1. The molecule has 2 rings (SSSR count). The molecule has 0 aromatic heterocycles. The molecule has 2 saturated heterocycles. The molecule has 2 fully saturated rings. The van der Waals surface area contributed by atoms with Crippen LogP contribution in [0.15, 0.2) is 0 Å². The van der Waals surface area contributed by atoms with E-state index in [1.807, 2.05) is 13.8 Å². The van der Waals surface area contributed by atoms with Gasteiger partial charge in [-0.3, -0.25) is 4.79 Å². The van der Waals surface area contributed by atoms with Gasteiger partial charge in [-0.2, -0.15) is 0 Å². The molecular weight excluding hydrogens is 214 g/mol. The summed E-state index contributed by atoms with van der Waals surface area (Å²) in [6, 6.07) is 1.02. The monoisotopic (exact) mass is 239 g/mol. The standard InChI is InChI=1S/C13H25N3O/c1-3-13(2,14)12(17)15-10-6-8-16-7-4-5-11(16)9-10/h10-11H,3-9,14H2,1-2H3,(H,15,17). The Morgan fingerprint density at radius 1 is 1.47 bits per heavy atom. The molecule has 0 saturated carbocycles. The Morgan fingerprint density at radius 3 is 2.94 bits per heavy atom. The molecule has 0 aliphatic carbocycles. The van der Waals surface area contributed by atoms with Crippen molar-refractivity contribution in [3.05, 3.63) is 0 Å². The average molecular weight is 239 g/mol. The topological polar surface area (TPSA) is 58.4 Å². The minimum absolute atomic E-state index is 0.0106. The largest absolute Gasteiger partial charge is 0.352 e. The van der Waals surface area contributed by atoms with Crippen LogP contribution in [0.5, 0.6) is 0 Å². The zero-order valence-corrected chi connectivity index (χ0v) is 11.0. The molecule has 0 spiro atoms. The quantitative estimate of drug-likeness (QED) is 0.768. The van der Waals surface area contributed by atoms with Gasteiger partial charge in [-0.15, -0.1) is 0 Å². The number of hydrogen-bond donors (Lipinski definition) is 2. The smallest absolute Gasteiger partial charge is 0.240 e. The minimum atomic E-state index is -0.715. The Hall–Kier alpha value is -0.610. The van der Waals surface area contributed by atoms with Crippen molar-refractivity contribution in [2.75, 3.05) is 13.1 Å². The van der Waals surface area contributed by atoms with Crippen LogP contribution in [0.4, 0.5) is 0 Å². The SMILES string of the molecule is CCC(C)(N)C(=O)NC1CCN2CCCC2C1. The maximum Gasteiger partial charge on any atom is 0.240 e. The zero-order chi connectivity index (χ0) is 12.5. The Labute approximate surface area is 104 Å². The van der Waals surface area contributed by atoms with Crippen molar-refractivity contribution in [2.45, 2.75) is 63.6 Å². The Bertz CT molecular complexity index is 290. The number of piperidine rings is 1. The maximum atomic E-state index is 12.0. The molecule has 98 valence electrons. The van der Waals surface area contributed by atoms with Crippen molar-refractivity contribution >= 4 is 5.91 Å². The fourth-order valence-corrected chi connectivity index (χ4v) is 2.87. The van der Waals surface area contributed by atoms with Gasteiger partial charge in [0, 0.05) is 18.6 Å². The summed E-state index contributed by atoms with van der Waals surface area (Å²) in [4.78, 5) is 14.6. The number of carbonyl (C=O) groups is 1. The van der Waals surface area contributed by atoms with Crippen molar-refractivity contribution in [1.29, 1.82) is 0 Å². The highest BCUT2D eigenvalue weighted by atomic mass is 16.2. The van der Waals surface area contributed by atoms with Crippen LogP contribution in [0.3, 0.4) is 0 Å². The van der Waals surface area contributed by atoms with Gasteiger partial charge in [0.1, 0.15) is 0 Å². The van der Waals surface area contributed by atoms with Crippen LogP contribution in [-0.4, -0.2) is 41.5 Å². The number of fused-ring (bicyclic) bond motifs is 1.